The zero-order chi connectivity index (χ0) is 16.4. The van der Waals surface area contributed by atoms with Crippen molar-refractivity contribution in [3.8, 4) is 11.4 Å². The summed E-state index contributed by atoms with van der Waals surface area (Å²) in [4.78, 5) is 18.6. The normalized spacial score (nSPS) is 18.4. The van der Waals surface area contributed by atoms with Gasteiger partial charge in [-0.15, -0.1) is 0 Å². The van der Waals surface area contributed by atoms with Crippen LogP contribution in [-0.4, -0.2) is 34.0 Å². The number of piperidine rings is 1. The Bertz CT molecular complexity index is 681. The Hall–Kier alpha value is -1.88. The molecule has 5 nitrogen and oxygen atoms in total. The molecule has 0 saturated carbocycles. The molecule has 0 spiro atoms. The molecular formula is C17H20ClN3O2. The van der Waals surface area contributed by atoms with E-state index in [4.69, 9.17) is 16.1 Å². The van der Waals surface area contributed by atoms with E-state index in [2.05, 4.69) is 10.1 Å². The van der Waals surface area contributed by atoms with Gasteiger partial charge in [-0.05, 0) is 37.1 Å². The molecule has 1 saturated heterocycles. The van der Waals surface area contributed by atoms with Gasteiger partial charge in [0.05, 0.1) is 5.92 Å². The number of carbonyl (C=O) groups is 1. The Morgan fingerprint density at radius 1 is 1.35 bits per heavy atom. The van der Waals surface area contributed by atoms with Gasteiger partial charge in [0.2, 0.25) is 17.6 Å². The Kier molecular flexibility index (Phi) is 4.66. The molecule has 6 heteroatoms. The van der Waals surface area contributed by atoms with Crippen LogP contribution in [0.25, 0.3) is 11.4 Å². The van der Waals surface area contributed by atoms with E-state index in [9.17, 15) is 4.79 Å². The number of hydrogen-bond acceptors (Lipinski definition) is 4. The third kappa shape index (κ3) is 3.55. The van der Waals surface area contributed by atoms with Crippen molar-refractivity contribution in [3.63, 3.8) is 0 Å². The van der Waals surface area contributed by atoms with Crippen molar-refractivity contribution in [3.05, 3.63) is 35.2 Å². The molecule has 0 aliphatic carbocycles. The number of carbonyl (C=O) groups excluding carboxylic acids is 1. The summed E-state index contributed by atoms with van der Waals surface area (Å²) < 4.78 is 5.45. The molecule has 0 radical (unpaired) electrons. The van der Waals surface area contributed by atoms with Gasteiger partial charge in [0.1, 0.15) is 0 Å². The zero-order valence-corrected chi connectivity index (χ0v) is 14.1. The highest BCUT2D eigenvalue weighted by atomic mass is 35.5. The Labute approximate surface area is 140 Å². The van der Waals surface area contributed by atoms with Crippen LogP contribution in [0.15, 0.2) is 28.8 Å². The minimum atomic E-state index is 0.0149. The number of benzene rings is 1. The maximum absolute atomic E-state index is 12.2. The zero-order valence-electron chi connectivity index (χ0n) is 13.3. The van der Waals surface area contributed by atoms with Crippen LogP contribution in [0.3, 0.4) is 0 Å². The summed E-state index contributed by atoms with van der Waals surface area (Å²) in [5.41, 5.74) is 0.871. The van der Waals surface area contributed by atoms with Crippen LogP contribution in [0.1, 0.15) is 38.5 Å². The second-order valence-corrected chi connectivity index (χ2v) is 6.68. The summed E-state index contributed by atoms with van der Waals surface area (Å²) in [7, 11) is 0. The van der Waals surface area contributed by atoms with Crippen LogP contribution in [0.4, 0.5) is 0 Å². The molecular weight excluding hydrogens is 314 g/mol. The van der Waals surface area contributed by atoms with Crippen LogP contribution in [0, 0.1) is 5.92 Å². The maximum atomic E-state index is 12.2. The van der Waals surface area contributed by atoms with E-state index in [-0.39, 0.29) is 17.7 Å². The summed E-state index contributed by atoms with van der Waals surface area (Å²) in [6.07, 6.45) is 1.92. The summed E-state index contributed by atoms with van der Waals surface area (Å²) in [5.74, 6) is 1.48. The van der Waals surface area contributed by atoms with E-state index in [1.54, 1.807) is 12.1 Å². The molecule has 1 aromatic carbocycles. The van der Waals surface area contributed by atoms with Crippen LogP contribution in [0.5, 0.6) is 0 Å². The van der Waals surface area contributed by atoms with Gasteiger partial charge in [0, 0.05) is 29.6 Å². The quantitative estimate of drug-likeness (QED) is 0.858. The Morgan fingerprint density at radius 3 is 2.78 bits per heavy atom. The molecule has 3 rings (SSSR count). The minimum Gasteiger partial charge on any atom is -0.342 e. The molecule has 1 fully saturated rings. The molecule has 23 heavy (non-hydrogen) atoms. The first-order valence-corrected chi connectivity index (χ1v) is 8.30. The molecule has 1 aliphatic rings. The van der Waals surface area contributed by atoms with E-state index < -0.39 is 0 Å². The van der Waals surface area contributed by atoms with Gasteiger partial charge < -0.3 is 9.42 Å². The van der Waals surface area contributed by atoms with E-state index in [1.165, 1.54) is 0 Å². The first-order valence-electron chi connectivity index (χ1n) is 7.93. The molecule has 122 valence electrons. The molecule has 0 N–H and O–H groups in total. The third-order valence-corrected chi connectivity index (χ3v) is 4.37. The molecule has 2 aromatic rings. The van der Waals surface area contributed by atoms with Crippen molar-refractivity contribution in [1.82, 2.24) is 15.0 Å². The predicted octanol–water partition coefficient (Wildman–Crippen LogP) is 3.75. The van der Waals surface area contributed by atoms with Crippen molar-refractivity contribution in [2.45, 2.75) is 32.6 Å². The molecule has 1 amide bonds. The lowest BCUT2D eigenvalue weighted by Gasteiger charge is -2.32. The second kappa shape index (κ2) is 6.71. The smallest absolute Gasteiger partial charge is 0.231 e. The average molecular weight is 334 g/mol. The molecule has 2 heterocycles. The highest BCUT2D eigenvalue weighted by Crippen LogP contribution is 2.28. The standard InChI is InChI=1S/C17H20ClN3O2/c1-11(2)17(22)21-9-3-4-13(10-21)16-19-15(20-23-16)12-5-7-14(18)8-6-12/h5-8,11,13H,3-4,9-10H2,1-2H3. The number of amides is 1. The van der Waals surface area contributed by atoms with Gasteiger partial charge in [0.25, 0.3) is 0 Å². The summed E-state index contributed by atoms with van der Waals surface area (Å²) in [6, 6.07) is 7.34. The van der Waals surface area contributed by atoms with E-state index >= 15 is 0 Å². The summed E-state index contributed by atoms with van der Waals surface area (Å²) in [5, 5.41) is 4.74. The van der Waals surface area contributed by atoms with Gasteiger partial charge in [-0.3, -0.25) is 4.79 Å². The SMILES string of the molecule is CC(C)C(=O)N1CCCC(c2nc(-c3ccc(Cl)cc3)no2)C1. The maximum Gasteiger partial charge on any atom is 0.231 e. The topological polar surface area (TPSA) is 59.2 Å². The number of hydrogen-bond donors (Lipinski definition) is 0. The lowest BCUT2D eigenvalue weighted by atomic mass is 9.97. The second-order valence-electron chi connectivity index (χ2n) is 6.24. The van der Waals surface area contributed by atoms with Gasteiger partial charge in [-0.25, -0.2) is 0 Å². The number of likely N-dealkylation sites (tertiary alicyclic amines) is 1. The largest absolute Gasteiger partial charge is 0.342 e. The van der Waals surface area contributed by atoms with Gasteiger partial charge in [-0.1, -0.05) is 30.6 Å². The summed E-state index contributed by atoms with van der Waals surface area (Å²) in [6.45, 7) is 5.32. The van der Waals surface area contributed by atoms with Crippen molar-refractivity contribution in [2.24, 2.45) is 5.92 Å². The van der Waals surface area contributed by atoms with Crippen molar-refractivity contribution < 1.29 is 9.32 Å². The third-order valence-electron chi connectivity index (χ3n) is 4.12. The lowest BCUT2D eigenvalue weighted by molar-refractivity contribution is -0.135. The molecule has 1 aromatic heterocycles. The molecule has 1 unspecified atom stereocenters. The molecule has 1 atom stereocenters. The number of halogens is 1. The Balaban J connectivity index is 1.74. The van der Waals surface area contributed by atoms with Crippen molar-refractivity contribution in [2.75, 3.05) is 13.1 Å². The molecule has 1 aliphatic heterocycles. The van der Waals surface area contributed by atoms with Crippen LogP contribution >= 0.6 is 11.6 Å². The summed E-state index contributed by atoms with van der Waals surface area (Å²) >= 11 is 5.90. The fourth-order valence-corrected chi connectivity index (χ4v) is 2.99. The fourth-order valence-electron chi connectivity index (χ4n) is 2.86. The Morgan fingerprint density at radius 2 is 2.09 bits per heavy atom. The number of aromatic nitrogens is 2. The monoisotopic (exact) mass is 333 g/mol. The minimum absolute atomic E-state index is 0.0149. The average Bonchev–Trinajstić information content (AvgIpc) is 3.05. The van der Waals surface area contributed by atoms with Gasteiger partial charge >= 0.3 is 0 Å². The van der Waals surface area contributed by atoms with Crippen LogP contribution in [-0.2, 0) is 4.79 Å². The highest BCUT2D eigenvalue weighted by molar-refractivity contribution is 6.30. The van der Waals surface area contributed by atoms with E-state index in [0.29, 0.717) is 23.3 Å². The number of rotatable bonds is 3. The van der Waals surface area contributed by atoms with Crippen molar-refractivity contribution >= 4 is 17.5 Å². The lowest BCUT2D eigenvalue weighted by Crippen LogP contribution is -2.41. The fraction of sp³-hybridized carbons (Fsp3) is 0.471. The molecule has 0 bridgehead atoms. The predicted molar refractivity (Wildman–Crippen MR) is 88.1 cm³/mol. The van der Waals surface area contributed by atoms with Gasteiger partial charge in [0.15, 0.2) is 0 Å². The van der Waals surface area contributed by atoms with E-state index in [0.717, 1.165) is 24.9 Å². The van der Waals surface area contributed by atoms with Crippen LogP contribution in [0.2, 0.25) is 5.02 Å². The van der Waals surface area contributed by atoms with E-state index in [1.807, 2.05) is 30.9 Å². The first-order chi connectivity index (χ1) is 11.0. The first kappa shape index (κ1) is 16.0. The van der Waals surface area contributed by atoms with Crippen molar-refractivity contribution in [1.29, 1.82) is 0 Å². The van der Waals surface area contributed by atoms with Crippen LogP contribution < -0.4 is 0 Å². The highest BCUT2D eigenvalue weighted by Gasteiger charge is 2.29. The van der Waals surface area contributed by atoms with Gasteiger partial charge in [-0.2, -0.15) is 4.98 Å². The number of nitrogens with zero attached hydrogens (tertiary/aromatic N) is 3.